The average Bonchev–Trinajstić information content (AvgIpc) is 2.44. The van der Waals surface area contributed by atoms with Crippen LogP contribution in [0.5, 0.6) is 11.5 Å². The van der Waals surface area contributed by atoms with Crippen LogP contribution in [0.3, 0.4) is 0 Å². The number of carbonyl (C=O) groups is 2. The first-order valence-electron chi connectivity index (χ1n) is 6.68. The highest BCUT2D eigenvalue weighted by atomic mass is 16.5. The van der Waals surface area contributed by atoms with Crippen molar-refractivity contribution in [2.75, 3.05) is 13.7 Å². The Hall–Kier alpha value is -2.24. The van der Waals surface area contributed by atoms with E-state index in [-0.39, 0.29) is 29.9 Å². The molecule has 116 valence electrons. The lowest BCUT2D eigenvalue weighted by molar-refractivity contribution is -0.124. The van der Waals surface area contributed by atoms with Crippen LogP contribution in [0.4, 0.5) is 0 Å². The molecule has 0 heterocycles. The molecule has 6 heteroatoms. The van der Waals surface area contributed by atoms with Gasteiger partial charge in [-0.2, -0.15) is 0 Å². The molecule has 0 radical (unpaired) electrons. The third kappa shape index (κ3) is 4.98. The van der Waals surface area contributed by atoms with E-state index < -0.39 is 5.97 Å². The molecular weight excluding hydrogens is 274 g/mol. The van der Waals surface area contributed by atoms with Gasteiger partial charge in [-0.25, -0.2) is 4.79 Å². The van der Waals surface area contributed by atoms with Crippen LogP contribution in [0.25, 0.3) is 0 Å². The molecule has 0 aliphatic carbocycles. The molecule has 0 spiro atoms. The van der Waals surface area contributed by atoms with Gasteiger partial charge in [0.2, 0.25) is 0 Å². The number of nitrogens with one attached hydrogen (secondary N) is 1. The Labute approximate surface area is 124 Å². The molecule has 1 aromatic carbocycles. The highest BCUT2D eigenvalue weighted by molar-refractivity contribution is 5.91. The number of aromatic carboxylic acids is 1. The highest BCUT2D eigenvalue weighted by Gasteiger charge is 2.15. The van der Waals surface area contributed by atoms with Gasteiger partial charge in [0.15, 0.2) is 6.61 Å². The van der Waals surface area contributed by atoms with Crippen LogP contribution in [-0.2, 0) is 4.79 Å². The maximum atomic E-state index is 11.8. The van der Waals surface area contributed by atoms with Gasteiger partial charge in [0.05, 0.1) is 7.11 Å². The van der Waals surface area contributed by atoms with Gasteiger partial charge >= 0.3 is 5.97 Å². The zero-order valence-corrected chi connectivity index (χ0v) is 12.7. The lowest BCUT2D eigenvalue weighted by atomic mass is 10.1. The zero-order valence-electron chi connectivity index (χ0n) is 12.7. The van der Waals surface area contributed by atoms with Gasteiger partial charge in [-0.3, -0.25) is 4.79 Å². The Morgan fingerprint density at radius 1 is 1.29 bits per heavy atom. The largest absolute Gasteiger partial charge is 0.497 e. The van der Waals surface area contributed by atoms with Crippen molar-refractivity contribution in [1.29, 1.82) is 0 Å². The lowest BCUT2D eigenvalue weighted by Crippen LogP contribution is -2.39. The van der Waals surface area contributed by atoms with E-state index in [9.17, 15) is 9.59 Å². The van der Waals surface area contributed by atoms with Gasteiger partial charge in [0, 0.05) is 12.1 Å². The monoisotopic (exact) mass is 295 g/mol. The smallest absolute Gasteiger partial charge is 0.339 e. The second kappa shape index (κ2) is 7.52. The highest BCUT2D eigenvalue weighted by Crippen LogP contribution is 2.24. The minimum Gasteiger partial charge on any atom is -0.497 e. The number of hydrogen-bond donors (Lipinski definition) is 2. The molecule has 1 aromatic rings. The number of rotatable bonds is 7. The van der Waals surface area contributed by atoms with Crippen molar-refractivity contribution >= 4 is 11.9 Å². The van der Waals surface area contributed by atoms with E-state index >= 15 is 0 Å². The fourth-order valence-electron chi connectivity index (χ4n) is 1.53. The molecule has 1 atom stereocenters. The van der Waals surface area contributed by atoms with E-state index in [2.05, 4.69) is 5.32 Å². The van der Waals surface area contributed by atoms with E-state index in [1.54, 1.807) is 0 Å². The summed E-state index contributed by atoms with van der Waals surface area (Å²) >= 11 is 0. The van der Waals surface area contributed by atoms with Crippen molar-refractivity contribution in [3.63, 3.8) is 0 Å². The number of carbonyl (C=O) groups excluding carboxylic acids is 1. The number of methoxy groups -OCH3 is 1. The van der Waals surface area contributed by atoms with Crippen molar-refractivity contribution in [1.82, 2.24) is 5.32 Å². The normalized spacial score (nSPS) is 11.9. The summed E-state index contributed by atoms with van der Waals surface area (Å²) in [5.74, 6) is -0.542. The van der Waals surface area contributed by atoms with Crippen LogP contribution in [0.1, 0.15) is 31.1 Å². The van der Waals surface area contributed by atoms with Crippen molar-refractivity contribution in [3.8, 4) is 11.5 Å². The Balaban J connectivity index is 2.73. The molecular formula is C15H21NO5. The standard InChI is InChI=1S/C15H21NO5/c1-9(2)10(3)16-14(17)8-21-13-7-11(20-4)5-6-12(13)15(18)19/h5-7,9-10H,8H2,1-4H3,(H,16,17)(H,18,19). The Morgan fingerprint density at radius 2 is 1.95 bits per heavy atom. The maximum Gasteiger partial charge on any atom is 0.339 e. The van der Waals surface area contributed by atoms with Gasteiger partial charge in [0.1, 0.15) is 17.1 Å². The molecule has 1 unspecified atom stereocenters. The predicted octanol–water partition coefficient (Wildman–Crippen LogP) is 1.93. The van der Waals surface area contributed by atoms with E-state index in [0.717, 1.165) is 0 Å². The number of hydrogen-bond acceptors (Lipinski definition) is 4. The molecule has 0 bridgehead atoms. The lowest BCUT2D eigenvalue weighted by Gasteiger charge is -2.18. The second-order valence-corrected chi connectivity index (χ2v) is 5.06. The number of carboxylic acids is 1. The van der Waals surface area contributed by atoms with Gasteiger partial charge in [-0.15, -0.1) is 0 Å². The van der Waals surface area contributed by atoms with Crippen LogP contribution >= 0.6 is 0 Å². The molecule has 0 saturated heterocycles. The van der Waals surface area contributed by atoms with Gasteiger partial charge in [-0.1, -0.05) is 13.8 Å². The van der Waals surface area contributed by atoms with Crippen molar-refractivity contribution in [3.05, 3.63) is 23.8 Å². The molecule has 0 aliphatic heterocycles. The minimum absolute atomic E-state index is 0.0134. The summed E-state index contributed by atoms with van der Waals surface area (Å²) in [6.45, 7) is 5.65. The van der Waals surface area contributed by atoms with Crippen LogP contribution in [0.2, 0.25) is 0 Å². The summed E-state index contributed by atoms with van der Waals surface area (Å²) < 4.78 is 10.3. The molecule has 0 fully saturated rings. The Bertz CT molecular complexity index is 513. The van der Waals surface area contributed by atoms with Crippen LogP contribution in [-0.4, -0.2) is 36.7 Å². The fraction of sp³-hybridized carbons (Fsp3) is 0.467. The number of benzene rings is 1. The van der Waals surface area contributed by atoms with Crippen molar-refractivity contribution in [2.45, 2.75) is 26.8 Å². The molecule has 0 aliphatic rings. The second-order valence-electron chi connectivity index (χ2n) is 5.06. The summed E-state index contributed by atoms with van der Waals surface area (Å²) in [4.78, 5) is 22.9. The number of carboxylic acid groups (broad SMARTS) is 1. The maximum absolute atomic E-state index is 11.8. The van der Waals surface area contributed by atoms with Crippen LogP contribution in [0, 0.1) is 5.92 Å². The van der Waals surface area contributed by atoms with E-state index in [1.807, 2.05) is 20.8 Å². The summed E-state index contributed by atoms with van der Waals surface area (Å²) in [7, 11) is 1.47. The number of ether oxygens (including phenoxy) is 2. The molecule has 21 heavy (non-hydrogen) atoms. The third-order valence-corrected chi connectivity index (χ3v) is 3.17. The Morgan fingerprint density at radius 3 is 2.48 bits per heavy atom. The van der Waals surface area contributed by atoms with E-state index in [4.69, 9.17) is 14.6 Å². The predicted molar refractivity (Wildman–Crippen MR) is 77.9 cm³/mol. The first-order valence-corrected chi connectivity index (χ1v) is 6.68. The SMILES string of the molecule is COc1ccc(C(=O)O)c(OCC(=O)NC(C)C(C)C)c1. The minimum atomic E-state index is -1.12. The van der Waals surface area contributed by atoms with Gasteiger partial charge in [-0.05, 0) is 25.0 Å². The zero-order chi connectivity index (χ0) is 16.0. The first kappa shape index (κ1) is 16.8. The van der Waals surface area contributed by atoms with Crippen molar-refractivity contribution < 1.29 is 24.2 Å². The quantitative estimate of drug-likeness (QED) is 0.803. The van der Waals surface area contributed by atoms with E-state index in [0.29, 0.717) is 11.7 Å². The first-order chi connectivity index (χ1) is 9.85. The van der Waals surface area contributed by atoms with E-state index in [1.165, 1.54) is 25.3 Å². The van der Waals surface area contributed by atoms with Gasteiger partial charge < -0.3 is 19.9 Å². The molecule has 0 saturated carbocycles. The Kier molecular flexibility index (Phi) is 6.02. The van der Waals surface area contributed by atoms with Crippen LogP contribution < -0.4 is 14.8 Å². The molecule has 2 N–H and O–H groups in total. The van der Waals surface area contributed by atoms with Crippen LogP contribution in [0.15, 0.2) is 18.2 Å². The third-order valence-electron chi connectivity index (χ3n) is 3.17. The summed E-state index contributed by atoms with van der Waals surface area (Å²) in [5.41, 5.74) is -0.0134. The number of amides is 1. The van der Waals surface area contributed by atoms with Crippen molar-refractivity contribution in [2.24, 2.45) is 5.92 Å². The summed E-state index contributed by atoms with van der Waals surface area (Å²) in [6.07, 6.45) is 0. The average molecular weight is 295 g/mol. The molecule has 6 nitrogen and oxygen atoms in total. The molecule has 1 amide bonds. The summed E-state index contributed by atoms with van der Waals surface area (Å²) in [6, 6.07) is 4.37. The topological polar surface area (TPSA) is 84.9 Å². The molecule has 1 rings (SSSR count). The fourth-order valence-corrected chi connectivity index (χ4v) is 1.53. The molecule has 0 aromatic heterocycles. The summed E-state index contributed by atoms with van der Waals surface area (Å²) in [5, 5.41) is 11.9. The van der Waals surface area contributed by atoms with Gasteiger partial charge in [0.25, 0.3) is 5.91 Å².